The fraction of sp³-hybridized carbons (Fsp3) is 0.500. The first-order chi connectivity index (χ1) is 9.77. The van der Waals surface area contributed by atoms with Crippen LogP contribution in [-0.2, 0) is 12.0 Å². The van der Waals surface area contributed by atoms with Gasteiger partial charge >= 0.3 is 6.03 Å². The van der Waals surface area contributed by atoms with Crippen molar-refractivity contribution in [3.05, 3.63) is 27.5 Å². The van der Waals surface area contributed by atoms with Crippen molar-refractivity contribution in [1.82, 2.24) is 15.5 Å². The van der Waals surface area contributed by atoms with Gasteiger partial charge in [0.25, 0.3) is 0 Å². The number of carbonyl (C=O) groups excluding carboxylic acids is 1. The first-order valence-electron chi connectivity index (χ1n) is 6.70. The van der Waals surface area contributed by atoms with Gasteiger partial charge in [0, 0.05) is 10.8 Å². The monoisotopic (exact) mass is 308 g/mol. The van der Waals surface area contributed by atoms with Gasteiger partial charge in [0.1, 0.15) is 16.4 Å². The van der Waals surface area contributed by atoms with Gasteiger partial charge in [-0.3, -0.25) is 0 Å². The number of carbonyl (C=O) groups is 1. The molecule has 2 aromatic heterocycles. The second-order valence-electron chi connectivity index (χ2n) is 5.88. The Morgan fingerprint density at radius 3 is 2.62 bits per heavy atom. The van der Waals surface area contributed by atoms with Crippen molar-refractivity contribution in [1.29, 1.82) is 0 Å². The SMILES string of the molecule is Cc1noc(C)c1NC(=O)NCc1nc(C(C)(C)C)cs1. The van der Waals surface area contributed by atoms with Crippen LogP contribution in [0.3, 0.4) is 0 Å². The largest absolute Gasteiger partial charge is 0.359 e. The van der Waals surface area contributed by atoms with E-state index >= 15 is 0 Å². The molecule has 0 saturated carbocycles. The number of nitrogens with one attached hydrogen (secondary N) is 2. The van der Waals surface area contributed by atoms with Crippen LogP contribution < -0.4 is 10.6 Å². The Morgan fingerprint density at radius 1 is 1.38 bits per heavy atom. The van der Waals surface area contributed by atoms with Crippen LogP contribution in [0, 0.1) is 13.8 Å². The predicted molar refractivity (Wildman–Crippen MR) is 82.6 cm³/mol. The zero-order valence-corrected chi connectivity index (χ0v) is 13.7. The molecule has 0 saturated heterocycles. The molecule has 0 spiro atoms. The van der Waals surface area contributed by atoms with Crippen molar-refractivity contribution < 1.29 is 9.32 Å². The molecule has 21 heavy (non-hydrogen) atoms. The molecular weight excluding hydrogens is 288 g/mol. The number of hydrogen-bond acceptors (Lipinski definition) is 5. The molecule has 7 heteroatoms. The number of hydrogen-bond donors (Lipinski definition) is 2. The van der Waals surface area contributed by atoms with Gasteiger partial charge in [0.15, 0.2) is 5.76 Å². The van der Waals surface area contributed by atoms with Crippen molar-refractivity contribution >= 4 is 23.1 Å². The zero-order chi connectivity index (χ0) is 15.6. The third-order valence-electron chi connectivity index (χ3n) is 2.99. The van der Waals surface area contributed by atoms with Gasteiger partial charge in [0.05, 0.1) is 12.2 Å². The van der Waals surface area contributed by atoms with Crippen LogP contribution in [0.2, 0.25) is 0 Å². The summed E-state index contributed by atoms with van der Waals surface area (Å²) in [7, 11) is 0. The first-order valence-corrected chi connectivity index (χ1v) is 7.58. The molecule has 6 nitrogen and oxygen atoms in total. The van der Waals surface area contributed by atoms with Crippen molar-refractivity contribution in [2.75, 3.05) is 5.32 Å². The number of urea groups is 1. The van der Waals surface area contributed by atoms with E-state index in [0.717, 1.165) is 10.7 Å². The van der Waals surface area contributed by atoms with Crippen LogP contribution in [0.5, 0.6) is 0 Å². The molecule has 2 aromatic rings. The average Bonchev–Trinajstić information content (AvgIpc) is 2.98. The maximum Gasteiger partial charge on any atom is 0.319 e. The lowest BCUT2D eigenvalue weighted by molar-refractivity contribution is 0.251. The minimum absolute atomic E-state index is 0.0215. The molecule has 0 atom stereocenters. The molecule has 0 radical (unpaired) electrons. The van der Waals surface area contributed by atoms with Gasteiger partial charge in [0.2, 0.25) is 0 Å². The highest BCUT2D eigenvalue weighted by molar-refractivity contribution is 7.09. The van der Waals surface area contributed by atoms with Gasteiger partial charge in [-0.05, 0) is 13.8 Å². The Hall–Kier alpha value is -1.89. The molecule has 0 bridgehead atoms. The molecule has 0 aliphatic rings. The van der Waals surface area contributed by atoms with E-state index in [1.165, 1.54) is 0 Å². The summed E-state index contributed by atoms with van der Waals surface area (Å²) in [5.74, 6) is 0.590. The van der Waals surface area contributed by atoms with Gasteiger partial charge in [-0.25, -0.2) is 9.78 Å². The molecule has 2 rings (SSSR count). The molecule has 0 aromatic carbocycles. The fourth-order valence-corrected chi connectivity index (χ4v) is 2.67. The van der Waals surface area contributed by atoms with E-state index in [-0.39, 0.29) is 11.4 Å². The van der Waals surface area contributed by atoms with Crippen LogP contribution in [0.15, 0.2) is 9.90 Å². The Morgan fingerprint density at radius 2 is 2.10 bits per heavy atom. The van der Waals surface area contributed by atoms with E-state index in [4.69, 9.17) is 4.52 Å². The van der Waals surface area contributed by atoms with E-state index in [0.29, 0.717) is 23.7 Å². The Labute approximate surface area is 127 Å². The summed E-state index contributed by atoms with van der Waals surface area (Å²) in [4.78, 5) is 16.4. The molecular formula is C14H20N4O2S. The number of anilines is 1. The zero-order valence-electron chi connectivity index (χ0n) is 12.9. The summed E-state index contributed by atoms with van der Waals surface area (Å²) in [6, 6.07) is -0.295. The normalized spacial score (nSPS) is 11.5. The van der Waals surface area contributed by atoms with Crippen LogP contribution in [0.4, 0.5) is 10.5 Å². The third-order valence-corrected chi connectivity index (χ3v) is 3.84. The number of thiazole rings is 1. The van der Waals surface area contributed by atoms with E-state index in [1.54, 1.807) is 25.2 Å². The van der Waals surface area contributed by atoms with Crippen molar-refractivity contribution in [3.8, 4) is 0 Å². The minimum Gasteiger partial charge on any atom is -0.359 e. The molecule has 2 amide bonds. The van der Waals surface area contributed by atoms with Crippen LogP contribution >= 0.6 is 11.3 Å². The maximum atomic E-state index is 11.9. The average molecular weight is 308 g/mol. The molecule has 0 fully saturated rings. The highest BCUT2D eigenvalue weighted by atomic mass is 32.1. The summed E-state index contributed by atoms with van der Waals surface area (Å²) in [5.41, 5.74) is 2.33. The Balaban J connectivity index is 1.91. The smallest absolute Gasteiger partial charge is 0.319 e. The number of rotatable bonds is 3. The van der Waals surface area contributed by atoms with Crippen molar-refractivity contribution in [2.24, 2.45) is 0 Å². The van der Waals surface area contributed by atoms with Crippen LogP contribution in [0.25, 0.3) is 0 Å². The number of aryl methyl sites for hydroxylation is 2. The Kier molecular flexibility index (Phi) is 4.32. The molecule has 0 aliphatic heterocycles. The predicted octanol–water partition coefficient (Wildman–Crippen LogP) is 3.37. The molecule has 2 heterocycles. The number of aromatic nitrogens is 2. The molecule has 0 unspecified atom stereocenters. The Bertz CT molecular complexity index is 620. The summed E-state index contributed by atoms with van der Waals surface area (Å²) in [6.45, 7) is 10.3. The lowest BCUT2D eigenvalue weighted by atomic mass is 9.93. The van der Waals surface area contributed by atoms with E-state index in [2.05, 4.69) is 41.5 Å². The second kappa shape index (κ2) is 5.85. The fourth-order valence-electron chi connectivity index (χ4n) is 1.71. The number of amides is 2. The topological polar surface area (TPSA) is 80.0 Å². The quantitative estimate of drug-likeness (QED) is 0.911. The summed E-state index contributed by atoms with van der Waals surface area (Å²) in [5, 5.41) is 12.2. The summed E-state index contributed by atoms with van der Waals surface area (Å²) in [6.07, 6.45) is 0. The van der Waals surface area contributed by atoms with Crippen LogP contribution in [-0.4, -0.2) is 16.2 Å². The van der Waals surface area contributed by atoms with E-state index < -0.39 is 0 Å². The van der Waals surface area contributed by atoms with E-state index in [9.17, 15) is 4.79 Å². The lowest BCUT2D eigenvalue weighted by Crippen LogP contribution is -2.28. The highest BCUT2D eigenvalue weighted by Crippen LogP contribution is 2.23. The minimum atomic E-state index is -0.295. The molecule has 2 N–H and O–H groups in total. The number of nitrogens with zero attached hydrogens (tertiary/aromatic N) is 2. The lowest BCUT2D eigenvalue weighted by Gasteiger charge is -2.14. The van der Waals surface area contributed by atoms with Gasteiger partial charge in [-0.1, -0.05) is 25.9 Å². The van der Waals surface area contributed by atoms with E-state index in [1.807, 2.05) is 5.38 Å². The molecule has 114 valence electrons. The second-order valence-corrected chi connectivity index (χ2v) is 6.83. The summed E-state index contributed by atoms with van der Waals surface area (Å²) < 4.78 is 5.00. The van der Waals surface area contributed by atoms with Gasteiger partial charge < -0.3 is 15.2 Å². The maximum absolute atomic E-state index is 11.9. The standard InChI is InChI=1S/C14H20N4O2S/c1-8-12(9(2)20-18-8)17-13(19)15-6-11-16-10(7-21-11)14(3,4)5/h7H,6H2,1-5H3,(H2,15,17,19). The first kappa shape index (κ1) is 15.5. The summed E-state index contributed by atoms with van der Waals surface area (Å²) >= 11 is 1.55. The van der Waals surface area contributed by atoms with Crippen molar-refractivity contribution in [3.63, 3.8) is 0 Å². The van der Waals surface area contributed by atoms with Gasteiger partial charge in [-0.15, -0.1) is 11.3 Å². The van der Waals surface area contributed by atoms with Gasteiger partial charge in [-0.2, -0.15) is 0 Å². The van der Waals surface area contributed by atoms with Crippen molar-refractivity contribution in [2.45, 2.75) is 46.6 Å². The third kappa shape index (κ3) is 3.81. The highest BCUT2D eigenvalue weighted by Gasteiger charge is 2.18. The van der Waals surface area contributed by atoms with Crippen LogP contribution in [0.1, 0.15) is 42.9 Å². The molecule has 0 aliphatic carbocycles.